The number of phenols is 3. The average molecular weight is 382 g/mol. The third-order valence-corrected chi connectivity index (χ3v) is 3.98. The highest BCUT2D eigenvalue weighted by molar-refractivity contribution is 6.08. The van der Waals surface area contributed by atoms with Crippen LogP contribution in [0.15, 0.2) is 54.0 Å². The molecule has 3 rings (SSSR count). The molecule has 0 amide bonds. The normalized spacial score (nSPS) is 15.0. The maximum atomic E-state index is 12.2. The Morgan fingerprint density at radius 2 is 1.61 bits per heavy atom. The van der Waals surface area contributed by atoms with Crippen molar-refractivity contribution in [2.24, 2.45) is 0 Å². The molecule has 1 aliphatic heterocycles. The van der Waals surface area contributed by atoms with Crippen LogP contribution in [-0.2, 0) is 9.53 Å². The first-order valence-electron chi connectivity index (χ1n) is 8.22. The lowest BCUT2D eigenvalue weighted by Gasteiger charge is -2.07. The molecule has 7 heteroatoms. The molecule has 0 saturated heterocycles. The number of carbonyl (C=O) groups is 1. The lowest BCUT2D eigenvalue weighted by atomic mass is 10.1. The number of ketones is 1. The van der Waals surface area contributed by atoms with Crippen LogP contribution in [-0.4, -0.2) is 35.3 Å². The van der Waals surface area contributed by atoms with Gasteiger partial charge in [0.2, 0.25) is 11.5 Å². The van der Waals surface area contributed by atoms with Crippen molar-refractivity contribution in [2.75, 3.05) is 14.2 Å². The Morgan fingerprint density at radius 1 is 0.893 bits per heavy atom. The van der Waals surface area contributed by atoms with Crippen molar-refractivity contribution >= 4 is 17.9 Å². The summed E-state index contributed by atoms with van der Waals surface area (Å²) >= 11 is 0. The number of benzene rings is 2. The highest BCUT2D eigenvalue weighted by Crippen LogP contribution is 2.37. The van der Waals surface area contributed by atoms with E-state index in [0.29, 0.717) is 17.1 Å². The van der Waals surface area contributed by atoms with E-state index >= 15 is 0 Å². The van der Waals surface area contributed by atoms with Gasteiger partial charge in [0, 0.05) is 6.08 Å². The number of carbonyl (C=O) groups excluding carboxylic acids is 1. The van der Waals surface area contributed by atoms with Gasteiger partial charge in [-0.15, -0.1) is 0 Å². The molecule has 3 N–H and O–H groups in total. The second kappa shape index (κ2) is 7.79. The smallest absolute Gasteiger partial charge is 0.224 e. The highest BCUT2D eigenvalue weighted by atomic mass is 16.5. The number of phenolic OH excluding ortho intramolecular Hbond substituents is 3. The maximum Gasteiger partial charge on any atom is 0.224 e. The highest BCUT2D eigenvalue weighted by Gasteiger charge is 2.20. The van der Waals surface area contributed by atoms with E-state index in [1.165, 1.54) is 44.6 Å². The first-order valence-corrected chi connectivity index (χ1v) is 8.22. The van der Waals surface area contributed by atoms with Crippen molar-refractivity contribution in [3.8, 4) is 28.7 Å². The van der Waals surface area contributed by atoms with Crippen LogP contribution in [0.3, 0.4) is 0 Å². The molecule has 0 saturated carbocycles. The molecule has 0 spiro atoms. The van der Waals surface area contributed by atoms with Crippen LogP contribution in [0.4, 0.5) is 0 Å². The molecular formula is C21H18O7. The monoisotopic (exact) mass is 382 g/mol. The molecule has 1 heterocycles. The van der Waals surface area contributed by atoms with Crippen LogP contribution in [0.2, 0.25) is 0 Å². The van der Waals surface area contributed by atoms with Gasteiger partial charge in [-0.05, 0) is 47.5 Å². The number of ether oxygens (including phenoxy) is 3. The van der Waals surface area contributed by atoms with Crippen molar-refractivity contribution in [2.45, 2.75) is 0 Å². The van der Waals surface area contributed by atoms with Crippen LogP contribution in [0.5, 0.6) is 28.7 Å². The summed E-state index contributed by atoms with van der Waals surface area (Å²) in [5.41, 5.74) is 1.18. The van der Waals surface area contributed by atoms with E-state index in [-0.39, 0.29) is 34.5 Å². The van der Waals surface area contributed by atoms with Crippen molar-refractivity contribution < 1.29 is 34.3 Å². The Kier molecular flexibility index (Phi) is 5.26. The van der Waals surface area contributed by atoms with Gasteiger partial charge in [-0.25, -0.2) is 0 Å². The number of hydrogen-bond donors (Lipinski definition) is 3. The zero-order chi connectivity index (χ0) is 20.3. The Morgan fingerprint density at radius 3 is 2.32 bits per heavy atom. The first kappa shape index (κ1) is 18.9. The molecule has 0 atom stereocenters. The quantitative estimate of drug-likeness (QED) is 0.538. The molecule has 1 aliphatic rings. The third-order valence-electron chi connectivity index (χ3n) is 3.98. The Balaban J connectivity index is 1.79. The van der Waals surface area contributed by atoms with Crippen LogP contribution in [0, 0.1) is 0 Å². The van der Waals surface area contributed by atoms with E-state index in [0.717, 1.165) is 5.56 Å². The molecule has 144 valence electrons. The Hall–Kier alpha value is -3.87. The summed E-state index contributed by atoms with van der Waals surface area (Å²) in [6, 6.07) is 7.59. The maximum absolute atomic E-state index is 12.2. The van der Waals surface area contributed by atoms with Gasteiger partial charge in [0.05, 0.1) is 14.2 Å². The minimum atomic E-state index is -0.380. The van der Waals surface area contributed by atoms with E-state index in [4.69, 9.17) is 14.2 Å². The Labute approximate surface area is 161 Å². The van der Waals surface area contributed by atoms with Gasteiger partial charge in [0.1, 0.15) is 5.76 Å². The van der Waals surface area contributed by atoms with Gasteiger partial charge in [0.15, 0.2) is 28.8 Å². The first-order chi connectivity index (χ1) is 13.4. The summed E-state index contributed by atoms with van der Waals surface area (Å²) in [6.45, 7) is 0. The van der Waals surface area contributed by atoms with Gasteiger partial charge in [-0.2, -0.15) is 0 Å². The fourth-order valence-corrected chi connectivity index (χ4v) is 2.57. The minimum Gasteiger partial charge on any atom is -0.504 e. The average Bonchev–Trinajstić information content (AvgIpc) is 3.03. The summed E-state index contributed by atoms with van der Waals surface area (Å²) in [5.74, 6) is -0.250. The number of allylic oxidation sites excluding steroid dienone is 2. The van der Waals surface area contributed by atoms with Crippen LogP contribution >= 0.6 is 0 Å². The zero-order valence-electron chi connectivity index (χ0n) is 15.2. The van der Waals surface area contributed by atoms with E-state index in [2.05, 4.69) is 0 Å². The van der Waals surface area contributed by atoms with Crippen molar-refractivity contribution in [3.63, 3.8) is 0 Å². The van der Waals surface area contributed by atoms with E-state index in [1.807, 2.05) is 0 Å². The van der Waals surface area contributed by atoms with E-state index in [1.54, 1.807) is 24.3 Å². The summed E-state index contributed by atoms with van der Waals surface area (Å²) < 4.78 is 15.6. The molecule has 0 fully saturated rings. The third kappa shape index (κ3) is 3.93. The van der Waals surface area contributed by atoms with Crippen LogP contribution in [0.1, 0.15) is 11.1 Å². The summed E-state index contributed by atoms with van der Waals surface area (Å²) in [7, 11) is 2.81. The molecule has 0 bridgehead atoms. The number of rotatable bonds is 5. The summed E-state index contributed by atoms with van der Waals surface area (Å²) in [4.78, 5) is 12.2. The van der Waals surface area contributed by atoms with Crippen molar-refractivity contribution in [1.29, 1.82) is 0 Å². The lowest BCUT2D eigenvalue weighted by Crippen LogP contribution is -1.93. The topological polar surface area (TPSA) is 105 Å². The van der Waals surface area contributed by atoms with E-state index in [9.17, 15) is 20.1 Å². The van der Waals surface area contributed by atoms with Gasteiger partial charge < -0.3 is 29.5 Å². The lowest BCUT2D eigenvalue weighted by molar-refractivity contribution is -0.112. The fraction of sp³-hybridized carbons (Fsp3) is 0.0952. The van der Waals surface area contributed by atoms with Crippen LogP contribution < -0.4 is 9.47 Å². The van der Waals surface area contributed by atoms with Crippen molar-refractivity contribution in [1.82, 2.24) is 0 Å². The molecule has 0 aromatic heterocycles. The van der Waals surface area contributed by atoms with Crippen molar-refractivity contribution in [3.05, 3.63) is 65.1 Å². The SMILES string of the molecule is COc1cc(C=CC2=CC(=O)C(=Cc3cc(O)c(O)c(OC)c3)O2)ccc1O. The van der Waals surface area contributed by atoms with Gasteiger partial charge in [-0.1, -0.05) is 12.1 Å². The minimum absolute atomic E-state index is 0.0314. The summed E-state index contributed by atoms with van der Waals surface area (Å²) in [6.07, 6.45) is 6.08. The predicted molar refractivity (Wildman–Crippen MR) is 102 cm³/mol. The second-order valence-corrected chi connectivity index (χ2v) is 5.88. The number of methoxy groups -OCH3 is 2. The number of hydrogen-bond acceptors (Lipinski definition) is 7. The molecule has 7 nitrogen and oxygen atoms in total. The zero-order valence-corrected chi connectivity index (χ0v) is 15.2. The fourth-order valence-electron chi connectivity index (χ4n) is 2.57. The molecule has 28 heavy (non-hydrogen) atoms. The van der Waals surface area contributed by atoms with Gasteiger partial charge in [0.25, 0.3) is 0 Å². The Bertz CT molecular complexity index is 1020. The molecule has 0 radical (unpaired) electrons. The molecule has 2 aromatic carbocycles. The van der Waals surface area contributed by atoms with Gasteiger partial charge >= 0.3 is 0 Å². The molecule has 0 unspecified atom stereocenters. The molecule has 0 aliphatic carbocycles. The molecule has 2 aromatic rings. The predicted octanol–water partition coefficient (Wildman–Crippen LogP) is 3.36. The second-order valence-electron chi connectivity index (χ2n) is 5.88. The van der Waals surface area contributed by atoms with Crippen LogP contribution in [0.25, 0.3) is 12.2 Å². The molecular weight excluding hydrogens is 364 g/mol. The largest absolute Gasteiger partial charge is 0.504 e. The summed E-state index contributed by atoms with van der Waals surface area (Å²) in [5, 5.41) is 29.0. The van der Waals surface area contributed by atoms with Gasteiger partial charge in [-0.3, -0.25) is 4.79 Å². The number of aromatic hydroxyl groups is 3. The van der Waals surface area contributed by atoms with E-state index < -0.39 is 0 Å². The standard InChI is InChI=1S/C21H18O7/c1-26-18-8-12(4-6-15(18)22)3-5-14-11-16(23)19(28-14)9-13-7-17(24)21(25)20(10-13)27-2/h3-11,22,24-25H,1-2H3.